The van der Waals surface area contributed by atoms with Gasteiger partial charge in [-0.25, -0.2) is 19.5 Å². The summed E-state index contributed by atoms with van der Waals surface area (Å²) in [6, 6.07) is 0. The van der Waals surface area contributed by atoms with Crippen LogP contribution in [0.5, 0.6) is 0 Å². The number of carbonyl (C=O) groups excluding carboxylic acids is 2. The molecule has 1 fully saturated rings. The molecule has 15 nitrogen and oxygen atoms in total. The SMILES string of the molecule is CCCCCCCCCCCCCCCC(=O)OC[C@@H](COP(=O)(O)OC[C@H]1O[C@@H](n2cnc3c(N)ncnc32)C[C@@H]1O)OC(=O)CCCCCCCCCCCCCCC. The number of phosphoric ester groups is 1. The monoisotopic (exact) mass is 882 g/mol. The molecule has 0 amide bonds. The predicted molar refractivity (Wildman–Crippen MR) is 237 cm³/mol. The molecule has 0 aliphatic carbocycles. The molecule has 2 aromatic rings. The van der Waals surface area contributed by atoms with Crippen molar-refractivity contribution in [1.82, 2.24) is 19.5 Å². The van der Waals surface area contributed by atoms with Gasteiger partial charge in [0.15, 0.2) is 17.6 Å². The van der Waals surface area contributed by atoms with Crippen LogP contribution >= 0.6 is 7.82 Å². The van der Waals surface area contributed by atoms with Gasteiger partial charge in [0, 0.05) is 19.3 Å². The number of rotatable bonds is 38. The quantitative estimate of drug-likeness (QED) is 0.0326. The van der Waals surface area contributed by atoms with Gasteiger partial charge in [-0.1, -0.05) is 168 Å². The summed E-state index contributed by atoms with van der Waals surface area (Å²) in [4.78, 5) is 48.4. The van der Waals surface area contributed by atoms with E-state index < -0.39 is 57.5 Å². The highest BCUT2D eigenvalue weighted by Gasteiger charge is 2.38. The Morgan fingerprint density at radius 2 is 1.23 bits per heavy atom. The third kappa shape index (κ3) is 23.0. The maximum atomic E-state index is 13.0. The number of unbranched alkanes of at least 4 members (excludes halogenated alkanes) is 24. The summed E-state index contributed by atoms with van der Waals surface area (Å²) in [5.74, 6) is -0.718. The molecular formula is C45H80N5O10P. The number of nitrogens with two attached hydrogens (primary N) is 1. The molecule has 350 valence electrons. The standard InChI is InChI=1S/C45H80N5O10P/c1-3-5-7-9-11-13-15-17-19-21-23-25-27-29-41(52)56-32-37(59-42(53)30-28-26-24-22-20-18-16-14-12-10-8-6-4-2)33-57-61(54,55)58-34-39-38(51)31-40(60-39)50-36-49-43-44(46)47-35-48-45(43)50/h35-40,51H,3-34H2,1-2H3,(H,54,55)(H2,46,47,48)/t37-,38-,39+,40+/m0/s1. The fraction of sp³-hybridized carbons (Fsp3) is 0.844. The molecule has 4 N–H and O–H groups in total. The lowest BCUT2D eigenvalue weighted by molar-refractivity contribution is -0.161. The predicted octanol–water partition coefficient (Wildman–Crippen LogP) is 10.6. The molecule has 0 spiro atoms. The van der Waals surface area contributed by atoms with E-state index >= 15 is 0 Å². The number of fused-ring (bicyclic) bond motifs is 1. The second kappa shape index (κ2) is 32.0. The first-order valence-corrected chi connectivity index (χ1v) is 25.4. The summed E-state index contributed by atoms with van der Waals surface area (Å²) < 4.78 is 42.0. The molecule has 3 rings (SSSR count). The van der Waals surface area contributed by atoms with Gasteiger partial charge in [0.25, 0.3) is 0 Å². The second-order valence-electron chi connectivity index (χ2n) is 16.9. The van der Waals surface area contributed by atoms with Gasteiger partial charge in [0.1, 0.15) is 30.8 Å². The van der Waals surface area contributed by atoms with E-state index in [0.29, 0.717) is 24.0 Å². The minimum atomic E-state index is -4.72. The van der Waals surface area contributed by atoms with Gasteiger partial charge in [-0.15, -0.1) is 0 Å². The Bertz CT molecular complexity index is 1520. The Kier molecular flexibility index (Phi) is 27.7. The molecule has 1 unspecified atom stereocenters. The summed E-state index contributed by atoms with van der Waals surface area (Å²) in [6.07, 6.45) is 30.5. The number of phosphoric acid groups is 1. The zero-order chi connectivity index (χ0) is 44.0. The van der Waals surface area contributed by atoms with Crippen molar-refractivity contribution in [3.05, 3.63) is 12.7 Å². The molecule has 1 aliphatic rings. The van der Waals surface area contributed by atoms with Crippen LogP contribution in [-0.4, -0.2) is 79.6 Å². The van der Waals surface area contributed by atoms with Crippen LogP contribution in [0.25, 0.3) is 11.2 Å². The van der Waals surface area contributed by atoms with Crippen LogP contribution in [0.15, 0.2) is 12.7 Å². The minimum Gasteiger partial charge on any atom is -0.462 e. The fourth-order valence-corrected chi connectivity index (χ4v) is 8.46. The first-order chi connectivity index (χ1) is 29.6. The Labute approximate surface area is 365 Å². The molecule has 0 bridgehead atoms. The number of aliphatic hydroxyl groups excluding tert-OH is 1. The van der Waals surface area contributed by atoms with Crippen molar-refractivity contribution in [2.45, 2.75) is 225 Å². The van der Waals surface area contributed by atoms with Crippen LogP contribution < -0.4 is 5.73 Å². The normalized spacial score (nSPS) is 18.1. The molecule has 1 aliphatic heterocycles. The van der Waals surface area contributed by atoms with Crippen LogP contribution in [0, 0.1) is 0 Å². The Morgan fingerprint density at radius 3 is 1.75 bits per heavy atom. The van der Waals surface area contributed by atoms with Gasteiger partial charge in [-0.3, -0.25) is 23.2 Å². The Hall–Kier alpha value is -2.68. The molecule has 0 aromatic carbocycles. The number of aliphatic hydroxyl groups is 1. The number of aromatic nitrogens is 4. The van der Waals surface area contributed by atoms with E-state index in [1.165, 1.54) is 128 Å². The van der Waals surface area contributed by atoms with E-state index in [2.05, 4.69) is 28.8 Å². The van der Waals surface area contributed by atoms with E-state index in [0.717, 1.165) is 38.5 Å². The van der Waals surface area contributed by atoms with E-state index in [-0.39, 0.29) is 31.7 Å². The first kappa shape index (κ1) is 52.7. The van der Waals surface area contributed by atoms with Crippen molar-refractivity contribution in [2.24, 2.45) is 0 Å². The maximum Gasteiger partial charge on any atom is 0.472 e. The zero-order valence-corrected chi connectivity index (χ0v) is 38.5. The van der Waals surface area contributed by atoms with Gasteiger partial charge < -0.3 is 29.9 Å². The van der Waals surface area contributed by atoms with Gasteiger partial charge >= 0.3 is 19.8 Å². The smallest absolute Gasteiger partial charge is 0.462 e. The lowest BCUT2D eigenvalue weighted by atomic mass is 10.0. The van der Waals surface area contributed by atoms with Crippen molar-refractivity contribution in [3.8, 4) is 0 Å². The highest BCUT2D eigenvalue weighted by Crippen LogP contribution is 2.44. The average molecular weight is 882 g/mol. The van der Waals surface area contributed by atoms with Crippen molar-refractivity contribution in [2.75, 3.05) is 25.6 Å². The summed E-state index contributed by atoms with van der Waals surface area (Å²) in [5, 5.41) is 10.7. The summed E-state index contributed by atoms with van der Waals surface area (Å²) in [7, 11) is -4.72. The molecule has 1 saturated heterocycles. The van der Waals surface area contributed by atoms with Crippen LogP contribution in [0.1, 0.15) is 206 Å². The molecular weight excluding hydrogens is 801 g/mol. The average Bonchev–Trinajstić information content (AvgIpc) is 3.85. The van der Waals surface area contributed by atoms with Crippen LogP contribution in [0.3, 0.4) is 0 Å². The Morgan fingerprint density at radius 1 is 0.738 bits per heavy atom. The number of ether oxygens (including phenoxy) is 3. The van der Waals surface area contributed by atoms with Crippen molar-refractivity contribution in [3.63, 3.8) is 0 Å². The van der Waals surface area contributed by atoms with E-state index in [9.17, 15) is 24.2 Å². The number of hydrogen-bond acceptors (Lipinski definition) is 13. The maximum absolute atomic E-state index is 13.0. The molecule has 2 aromatic heterocycles. The van der Waals surface area contributed by atoms with Gasteiger partial charge in [-0.05, 0) is 12.8 Å². The van der Waals surface area contributed by atoms with E-state index in [1.807, 2.05) is 0 Å². The van der Waals surface area contributed by atoms with E-state index in [1.54, 1.807) is 4.57 Å². The highest BCUT2D eigenvalue weighted by atomic mass is 31.2. The number of esters is 2. The molecule has 0 radical (unpaired) electrons. The lowest BCUT2D eigenvalue weighted by Crippen LogP contribution is -2.30. The first-order valence-electron chi connectivity index (χ1n) is 23.9. The van der Waals surface area contributed by atoms with Crippen molar-refractivity contribution in [1.29, 1.82) is 0 Å². The number of carbonyl (C=O) groups is 2. The summed E-state index contributed by atoms with van der Waals surface area (Å²) >= 11 is 0. The van der Waals surface area contributed by atoms with Crippen molar-refractivity contribution < 1.29 is 47.4 Å². The number of nitrogen functional groups attached to an aromatic ring is 1. The molecule has 3 heterocycles. The Balaban J connectivity index is 1.38. The second-order valence-corrected chi connectivity index (χ2v) is 18.3. The molecule has 0 saturated carbocycles. The van der Waals surface area contributed by atoms with Crippen LogP contribution in [0.2, 0.25) is 0 Å². The fourth-order valence-electron chi connectivity index (χ4n) is 7.69. The molecule has 16 heteroatoms. The molecule has 61 heavy (non-hydrogen) atoms. The zero-order valence-electron chi connectivity index (χ0n) is 37.6. The topological polar surface area (TPSA) is 207 Å². The van der Waals surface area contributed by atoms with Crippen molar-refractivity contribution >= 4 is 36.7 Å². The summed E-state index contributed by atoms with van der Waals surface area (Å²) in [6.45, 7) is 3.16. The summed E-state index contributed by atoms with van der Waals surface area (Å²) in [5.41, 5.74) is 6.70. The minimum absolute atomic E-state index is 0.141. The largest absolute Gasteiger partial charge is 0.472 e. The van der Waals surface area contributed by atoms with Gasteiger partial charge in [0.05, 0.1) is 25.6 Å². The molecule has 5 atom stereocenters. The van der Waals surface area contributed by atoms with E-state index in [4.69, 9.17) is 29.0 Å². The number of anilines is 1. The third-order valence-corrected chi connectivity index (χ3v) is 12.4. The highest BCUT2D eigenvalue weighted by molar-refractivity contribution is 7.47. The van der Waals surface area contributed by atoms with Gasteiger partial charge in [0.2, 0.25) is 0 Å². The van der Waals surface area contributed by atoms with Gasteiger partial charge in [-0.2, -0.15) is 0 Å². The number of hydrogen-bond donors (Lipinski definition) is 3. The van der Waals surface area contributed by atoms with Crippen LogP contribution in [-0.2, 0) is 37.4 Å². The lowest BCUT2D eigenvalue weighted by Gasteiger charge is -2.21. The third-order valence-electron chi connectivity index (χ3n) is 11.4. The number of nitrogens with zero attached hydrogens (tertiary/aromatic N) is 4. The number of imidazole rings is 1. The van der Waals surface area contributed by atoms with Crippen LogP contribution in [0.4, 0.5) is 5.82 Å².